The smallest absolute Gasteiger partial charge is 0.411 e. The molecule has 1 aliphatic carbocycles. The molecule has 0 radical (unpaired) electrons. The van der Waals surface area contributed by atoms with E-state index in [2.05, 4.69) is 14.8 Å². The zero-order valence-electron chi connectivity index (χ0n) is 10.7. The molecule has 0 spiro atoms. The molecule has 0 bridgehead atoms. The highest BCUT2D eigenvalue weighted by atomic mass is 32.2. The van der Waals surface area contributed by atoms with Crippen LogP contribution in [0, 0.1) is 0 Å². The first-order valence-electron chi connectivity index (χ1n) is 6.18. The maximum atomic E-state index is 11.9. The molecule has 3 N–H and O–H groups in total. The van der Waals surface area contributed by atoms with Crippen molar-refractivity contribution >= 4 is 21.8 Å². The van der Waals surface area contributed by atoms with Crippen LogP contribution in [0.2, 0.25) is 0 Å². The number of nitrogens with one attached hydrogen (secondary N) is 2. The van der Waals surface area contributed by atoms with Crippen molar-refractivity contribution in [2.75, 3.05) is 18.5 Å². The van der Waals surface area contributed by atoms with E-state index in [0.717, 1.165) is 12.8 Å². The van der Waals surface area contributed by atoms with Crippen molar-refractivity contribution in [1.29, 1.82) is 0 Å². The van der Waals surface area contributed by atoms with Crippen molar-refractivity contribution in [2.24, 2.45) is 0 Å². The number of rotatable bonds is 6. The van der Waals surface area contributed by atoms with Gasteiger partial charge < -0.3 is 9.84 Å². The van der Waals surface area contributed by atoms with E-state index < -0.39 is 16.1 Å². The lowest BCUT2D eigenvalue weighted by Crippen LogP contribution is -2.25. The SMILES string of the molecule is O=C(Nc1ccc(S(=O)(=O)NC2CC2)cc1)OCCO. The Morgan fingerprint density at radius 2 is 1.95 bits per heavy atom. The van der Waals surface area contributed by atoms with Gasteiger partial charge in [-0.25, -0.2) is 17.9 Å². The first kappa shape index (κ1) is 14.8. The van der Waals surface area contributed by atoms with Gasteiger partial charge in [0.05, 0.1) is 11.5 Å². The summed E-state index contributed by atoms with van der Waals surface area (Å²) in [6, 6.07) is 5.81. The van der Waals surface area contributed by atoms with Gasteiger partial charge >= 0.3 is 6.09 Å². The van der Waals surface area contributed by atoms with E-state index in [9.17, 15) is 13.2 Å². The van der Waals surface area contributed by atoms with E-state index in [1.807, 2.05) is 0 Å². The lowest BCUT2D eigenvalue weighted by atomic mass is 10.3. The molecule has 1 aliphatic rings. The molecule has 1 amide bonds. The Morgan fingerprint density at radius 1 is 1.30 bits per heavy atom. The number of ether oxygens (including phenoxy) is 1. The lowest BCUT2D eigenvalue weighted by Gasteiger charge is -2.08. The molecule has 0 heterocycles. The van der Waals surface area contributed by atoms with Crippen molar-refractivity contribution in [3.63, 3.8) is 0 Å². The maximum Gasteiger partial charge on any atom is 0.411 e. The molecule has 110 valence electrons. The van der Waals surface area contributed by atoms with Crippen LogP contribution < -0.4 is 10.0 Å². The fourth-order valence-electron chi connectivity index (χ4n) is 1.50. The Hall–Kier alpha value is -1.64. The topological polar surface area (TPSA) is 105 Å². The number of sulfonamides is 1. The average molecular weight is 300 g/mol. The molecular weight excluding hydrogens is 284 g/mol. The molecule has 1 fully saturated rings. The highest BCUT2D eigenvalue weighted by Crippen LogP contribution is 2.22. The molecule has 2 rings (SSSR count). The van der Waals surface area contributed by atoms with Crippen LogP contribution in [0.1, 0.15) is 12.8 Å². The molecule has 1 aromatic carbocycles. The summed E-state index contributed by atoms with van der Waals surface area (Å²) in [7, 11) is -3.48. The van der Waals surface area contributed by atoms with E-state index in [-0.39, 0.29) is 24.2 Å². The van der Waals surface area contributed by atoms with Crippen molar-refractivity contribution in [1.82, 2.24) is 4.72 Å². The molecule has 1 aromatic rings. The van der Waals surface area contributed by atoms with Gasteiger partial charge in [-0.3, -0.25) is 5.32 Å². The summed E-state index contributed by atoms with van der Waals surface area (Å²) in [6.45, 7) is -0.346. The summed E-state index contributed by atoms with van der Waals surface area (Å²) in [6.07, 6.45) is 1.04. The molecule has 0 aliphatic heterocycles. The monoisotopic (exact) mass is 300 g/mol. The highest BCUT2D eigenvalue weighted by Gasteiger charge is 2.27. The van der Waals surface area contributed by atoms with E-state index in [1.165, 1.54) is 24.3 Å². The van der Waals surface area contributed by atoms with Gasteiger partial charge in [0.15, 0.2) is 0 Å². The number of carbonyl (C=O) groups excluding carboxylic acids is 1. The van der Waals surface area contributed by atoms with Crippen LogP contribution >= 0.6 is 0 Å². The Bertz CT molecular complexity index is 566. The fraction of sp³-hybridized carbons (Fsp3) is 0.417. The number of hydrogen-bond acceptors (Lipinski definition) is 5. The van der Waals surface area contributed by atoms with Gasteiger partial charge in [-0.15, -0.1) is 0 Å². The number of anilines is 1. The molecule has 0 aromatic heterocycles. The van der Waals surface area contributed by atoms with E-state index in [1.54, 1.807) is 0 Å². The summed E-state index contributed by atoms with van der Waals surface area (Å²) in [5.74, 6) is 0. The Morgan fingerprint density at radius 3 is 2.50 bits per heavy atom. The summed E-state index contributed by atoms with van der Waals surface area (Å²) < 4.78 is 31.0. The predicted molar refractivity (Wildman–Crippen MR) is 71.8 cm³/mol. The molecule has 1 saturated carbocycles. The maximum absolute atomic E-state index is 11.9. The number of benzene rings is 1. The minimum atomic E-state index is -3.48. The minimum Gasteiger partial charge on any atom is -0.447 e. The molecule has 0 saturated heterocycles. The summed E-state index contributed by atoms with van der Waals surface area (Å²) >= 11 is 0. The molecular formula is C12H16N2O5S. The van der Waals surface area contributed by atoms with Gasteiger partial charge in [0, 0.05) is 11.7 Å². The van der Waals surface area contributed by atoms with Gasteiger partial charge in [0.25, 0.3) is 0 Å². The Balaban J connectivity index is 1.97. The number of hydrogen-bond donors (Lipinski definition) is 3. The lowest BCUT2D eigenvalue weighted by molar-refractivity contribution is 0.131. The minimum absolute atomic E-state index is 0.0475. The normalized spacial score (nSPS) is 14.8. The first-order chi connectivity index (χ1) is 9.51. The second-order valence-electron chi connectivity index (χ2n) is 4.40. The van der Waals surface area contributed by atoms with Crippen molar-refractivity contribution in [3.05, 3.63) is 24.3 Å². The van der Waals surface area contributed by atoms with Gasteiger partial charge in [0.2, 0.25) is 10.0 Å². The number of aliphatic hydroxyl groups excluding tert-OH is 1. The Kier molecular flexibility index (Phi) is 4.58. The summed E-state index contributed by atoms with van der Waals surface area (Å²) in [5, 5.41) is 10.9. The van der Waals surface area contributed by atoms with E-state index >= 15 is 0 Å². The molecule has 20 heavy (non-hydrogen) atoms. The van der Waals surface area contributed by atoms with Crippen LogP contribution in [0.3, 0.4) is 0 Å². The van der Waals surface area contributed by atoms with E-state index in [4.69, 9.17) is 5.11 Å². The zero-order chi connectivity index (χ0) is 14.6. The third-order valence-corrected chi connectivity index (χ3v) is 4.17. The first-order valence-corrected chi connectivity index (χ1v) is 7.66. The second kappa shape index (κ2) is 6.21. The molecule has 0 unspecified atom stereocenters. The van der Waals surface area contributed by atoms with E-state index in [0.29, 0.717) is 5.69 Å². The highest BCUT2D eigenvalue weighted by molar-refractivity contribution is 7.89. The molecule has 7 nitrogen and oxygen atoms in total. The van der Waals surface area contributed by atoms with Crippen LogP contribution in [0.5, 0.6) is 0 Å². The van der Waals surface area contributed by atoms with Crippen molar-refractivity contribution < 1.29 is 23.1 Å². The van der Waals surface area contributed by atoms with Gasteiger partial charge in [-0.1, -0.05) is 0 Å². The third kappa shape index (κ3) is 4.19. The van der Waals surface area contributed by atoms with Crippen molar-refractivity contribution in [3.8, 4) is 0 Å². The fourth-order valence-corrected chi connectivity index (χ4v) is 2.80. The second-order valence-corrected chi connectivity index (χ2v) is 6.12. The Labute approximate surface area is 117 Å². The molecule has 8 heteroatoms. The summed E-state index contributed by atoms with van der Waals surface area (Å²) in [4.78, 5) is 11.4. The zero-order valence-corrected chi connectivity index (χ0v) is 11.5. The van der Waals surface area contributed by atoms with Crippen molar-refractivity contribution in [2.45, 2.75) is 23.8 Å². The van der Waals surface area contributed by atoms with Gasteiger partial charge in [-0.2, -0.15) is 0 Å². The number of amides is 1. The van der Waals surface area contributed by atoms with Crippen LogP contribution in [0.25, 0.3) is 0 Å². The number of carbonyl (C=O) groups is 1. The van der Waals surface area contributed by atoms with Crippen LogP contribution in [0.4, 0.5) is 10.5 Å². The largest absolute Gasteiger partial charge is 0.447 e. The molecule has 0 atom stereocenters. The third-order valence-electron chi connectivity index (χ3n) is 2.63. The van der Waals surface area contributed by atoms with Crippen LogP contribution in [-0.2, 0) is 14.8 Å². The summed E-state index contributed by atoms with van der Waals surface area (Å²) in [5.41, 5.74) is 0.415. The van der Waals surface area contributed by atoms with Gasteiger partial charge in [-0.05, 0) is 37.1 Å². The van der Waals surface area contributed by atoms with Crippen LogP contribution in [0.15, 0.2) is 29.2 Å². The predicted octanol–water partition coefficient (Wildman–Crippen LogP) is 0.668. The van der Waals surface area contributed by atoms with Crippen LogP contribution in [-0.4, -0.2) is 38.9 Å². The number of aliphatic hydroxyl groups is 1. The van der Waals surface area contributed by atoms with Gasteiger partial charge in [0.1, 0.15) is 6.61 Å². The quantitative estimate of drug-likeness (QED) is 0.716. The average Bonchev–Trinajstić information content (AvgIpc) is 3.20. The standard InChI is InChI=1S/C12H16N2O5S/c15-7-8-19-12(16)13-9-3-5-11(6-4-9)20(17,18)14-10-1-2-10/h3-6,10,14-15H,1-2,7-8H2,(H,13,16).